The zero-order valence-electron chi connectivity index (χ0n) is 11.9. The fourth-order valence-electron chi connectivity index (χ4n) is 4.20. The maximum atomic E-state index is 11.5. The maximum Gasteiger partial charge on any atom is 0.321 e. The van der Waals surface area contributed by atoms with Crippen LogP contribution in [0.2, 0.25) is 0 Å². The van der Waals surface area contributed by atoms with E-state index in [1.807, 2.05) is 0 Å². The normalized spacial score (nSPS) is 33.9. The molecular formula is C15H27NO2. The number of fused-ring (bicyclic) bond motifs is 1. The van der Waals surface area contributed by atoms with Gasteiger partial charge in [-0.1, -0.05) is 27.2 Å². The van der Waals surface area contributed by atoms with Gasteiger partial charge in [0.05, 0.1) is 0 Å². The van der Waals surface area contributed by atoms with Crippen LogP contribution in [0.3, 0.4) is 0 Å². The molecule has 1 aliphatic heterocycles. The first-order valence-corrected chi connectivity index (χ1v) is 7.46. The molecule has 1 saturated carbocycles. The van der Waals surface area contributed by atoms with E-state index in [0.717, 1.165) is 19.5 Å². The van der Waals surface area contributed by atoms with Crippen molar-refractivity contribution in [2.24, 2.45) is 23.7 Å². The second kappa shape index (κ2) is 5.60. The summed E-state index contributed by atoms with van der Waals surface area (Å²) >= 11 is 0. The molecule has 0 aromatic carbocycles. The van der Waals surface area contributed by atoms with E-state index in [1.54, 1.807) is 0 Å². The molecule has 0 radical (unpaired) electrons. The van der Waals surface area contributed by atoms with Crippen molar-refractivity contribution in [3.63, 3.8) is 0 Å². The van der Waals surface area contributed by atoms with Gasteiger partial charge in [0.25, 0.3) is 0 Å². The van der Waals surface area contributed by atoms with E-state index in [9.17, 15) is 9.90 Å². The summed E-state index contributed by atoms with van der Waals surface area (Å²) in [4.78, 5) is 13.8. The fraction of sp³-hybridized carbons (Fsp3) is 0.933. The molecule has 18 heavy (non-hydrogen) atoms. The Kier molecular flexibility index (Phi) is 4.31. The number of aliphatic carboxylic acids is 1. The fourth-order valence-corrected chi connectivity index (χ4v) is 4.20. The highest BCUT2D eigenvalue weighted by molar-refractivity contribution is 5.74. The SMILES string of the molecule is CC(C)CC(C)CN1CC2CCCC2C1C(=O)O. The first-order valence-electron chi connectivity index (χ1n) is 7.46. The Bertz CT molecular complexity index is 303. The van der Waals surface area contributed by atoms with Crippen molar-refractivity contribution in [1.82, 2.24) is 4.90 Å². The third-order valence-corrected chi connectivity index (χ3v) is 4.66. The Balaban J connectivity index is 1.97. The van der Waals surface area contributed by atoms with E-state index in [1.165, 1.54) is 19.3 Å². The number of carboxylic acid groups (broad SMARTS) is 1. The molecule has 0 amide bonds. The molecule has 2 aliphatic rings. The molecule has 1 N–H and O–H groups in total. The number of carbonyl (C=O) groups is 1. The van der Waals surface area contributed by atoms with Crippen molar-refractivity contribution >= 4 is 5.97 Å². The van der Waals surface area contributed by atoms with Gasteiger partial charge in [0, 0.05) is 13.1 Å². The number of hydrogen-bond acceptors (Lipinski definition) is 2. The lowest BCUT2D eigenvalue weighted by Gasteiger charge is -2.27. The molecular weight excluding hydrogens is 226 g/mol. The summed E-state index contributed by atoms with van der Waals surface area (Å²) in [5, 5.41) is 9.48. The highest BCUT2D eigenvalue weighted by Crippen LogP contribution is 2.42. The van der Waals surface area contributed by atoms with Gasteiger partial charge in [-0.05, 0) is 42.9 Å². The second-order valence-electron chi connectivity index (χ2n) is 6.83. The Labute approximate surface area is 111 Å². The molecule has 1 saturated heterocycles. The van der Waals surface area contributed by atoms with E-state index >= 15 is 0 Å². The third-order valence-electron chi connectivity index (χ3n) is 4.66. The Morgan fingerprint density at radius 3 is 2.67 bits per heavy atom. The third kappa shape index (κ3) is 2.87. The Morgan fingerprint density at radius 1 is 1.33 bits per heavy atom. The summed E-state index contributed by atoms with van der Waals surface area (Å²) in [7, 11) is 0. The van der Waals surface area contributed by atoms with Crippen molar-refractivity contribution in [3.05, 3.63) is 0 Å². The molecule has 2 rings (SSSR count). The van der Waals surface area contributed by atoms with Gasteiger partial charge in [-0.3, -0.25) is 9.69 Å². The van der Waals surface area contributed by atoms with Crippen LogP contribution >= 0.6 is 0 Å². The Morgan fingerprint density at radius 2 is 2.06 bits per heavy atom. The van der Waals surface area contributed by atoms with Crippen LogP contribution in [-0.2, 0) is 4.79 Å². The predicted molar refractivity (Wildman–Crippen MR) is 72.4 cm³/mol. The largest absolute Gasteiger partial charge is 0.480 e. The topological polar surface area (TPSA) is 40.5 Å². The first-order chi connectivity index (χ1) is 8.49. The van der Waals surface area contributed by atoms with Crippen LogP contribution < -0.4 is 0 Å². The number of hydrogen-bond donors (Lipinski definition) is 1. The van der Waals surface area contributed by atoms with Crippen LogP contribution in [-0.4, -0.2) is 35.1 Å². The summed E-state index contributed by atoms with van der Waals surface area (Å²) in [6.45, 7) is 8.72. The van der Waals surface area contributed by atoms with Crippen LogP contribution in [0.5, 0.6) is 0 Å². The molecule has 1 heterocycles. The summed E-state index contributed by atoms with van der Waals surface area (Å²) in [5.41, 5.74) is 0. The Hall–Kier alpha value is -0.570. The van der Waals surface area contributed by atoms with Crippen LogP contribution in [0.25, 0.3) is 0 Å². The summed E-state index contributed by atoms with van der Waals surface area (Å²) < 4.78 is 0. The van der Waals surface area contributed by atoms with Gasteiger partial charge in [-0.25, -0.2) is 0 Å². The molecule has 4 atom stereocenters. The molecule has 0 aromatic heterocycles. The number of likely N-dealkylation sites (tertiary alicyclic amines) is 1. The molecule has 0 aromatic rings. The second-order valence-corrected chi connectivity index (χ2v) is 6.83. The molecule has 0 bridgehead atoms. The van der Waals surface area contributed by atoms with Gasteiger partial charge in [0.15, 0.2) is 0 Å². The predicted octanol–water partition coefficient (Wildman–Crippen LogP) is 2.85. The molecule has 1 aliphatic carbocycles. The van der Waals surface area contributed by atoms with Gasteiger partial charge in [0.1, 0.15) is 6.04 Å². The molecule has 3 nitrogen and oxygen atoms in total. The van der Waals surface area contributed by atoms with Gasteiger partial charge in [-0.15, -0.1) is 0 Å². The summed E-state index contributed by atoms with van der Waals surface area (Å²) in [6.07, 6.45) is 4.78. The first kappa shape index (κ1) is 13.9. The lowest BCUT2D eigenvalue weighted by Crippen LogP contribution is -2.41. The van der Waals surface area contributed by atoms with Crippen LogP contribution in [0.4, 0.5) is 0 Å². The summed E-state index contributed by atoms with van der Waals surface area (Å²) in [6, 6.07) is -0.202. The zero-order valence-corrected chi connectivity index (χ0v) is 11.9. The standard InChI is InChI=1S/C15H27NO2/c1-10(2)7-11(3)8-16-9-12-5-4-6-13(12)14(16)15(17)18/h10-14H,4-9H2,1-3H3,(H,17,18). The van der Waals surface area contributed by atoms with Gasteiger partial charge >= 0.3 is 5.97 Å². The molecule has 4 unspecified atom stereocenters. The van der Waals surface area contributed by atoms with E-state index in [-0.39, 0.29) is 6.04 Å². The van der Waals surface area contributed by atoms with Crippen LogP contribution in [0.15, 0.2) is 0 Å². The highest BCUT2D eigenvalue weighted by Gasteiger charge is 2.47. The van der Waals surface area contributed by atoms with Gasteiger partial charge in [0.2, 0.25) is 0 Å². The minimum Gasteiger partial charge on any atom is -0.480 e. The van der Waals surface area contributed by atoms with E-state index in [0.29, 0.717) is 23.7 Å². The molecule has 0 spiro atoms. The highest BCUT2D eigenvalue weighted by atomic mass is 16.4. The van der Waals surface area contributed by atoms with Crippen molar-refractivity contribution in [1.29, 1.82) is 0 Å². The minimum atomic E-state index is -0.596. The lowest BCUT2D eigenvalue weighted by atomic mass is 9.94. The van der Waals surface area contributed by atoms with E-state index in [2.05, 4.69) is 25.7 Å². The number of carboxylic acids is 1. The molecule has 3 heteroatoms. The van der Waals surface area contributed by atoms with Crippen molar-refractivity contribution in [3.8, 4) is 0 Å². The minimum absolute atomic E-state index is 0.202. The quantitative estimate of drug-likeness (QED) is 0.819. The monoisotopic (exact) mass is 253 g/mol. The van der Waals surface area contributed by atoms with Crippen molar-refractivity contribution < 1.29 is 9.90 Å². The van der Waals surface area contributed by atoms with Crippen LogP contribution in [0.1, 0.15) is 46.5 Å². The summed E-state index contributed by atoms with van der Waals surface area (Å²) in [5.74, 6) is 1.78. The maximum absolute atomic E-state index is 11.5. The van der Waals surface area contributed by atoms with E-state index in [4.69, 9.17) is 0 Å². The molecule has 2 fully saturated rings. The lowest BCUT2D eigenvalue weighted by molar-refractivity contribution is -0.143. The van der Waals surface area contributed by atoms with Crippen LogP contribution in [0, 0.1) is 23.7 Å². The van der Waals surface area contributed by atoms with Crippen molar-refractivity contribution in [2.45, 2.75) is 52.5 Å². The van der Waals surface area contributed by atoms with Gasteiger partial charge < -0.3 is 5.11 Å². The van der Waals surface area contributed by atoms with Crippen molar-refractivity contribution in [2.75, 3.05) is 13.1 Å². The van der Waals surface area contributed by atoms with E-state index < -0.39 is 5.97 Å². The number of nitrogens with zero attached hydrogens (tertiary/aromatic N) is 1. The molecule has 104 valence electrons. The average molecular weight is 253 g/mol. The number of rotatable bonds is 5. The smallest absolute Gasteiger partial charge is 0.321 e. The average Bonchev–Trinajstić information content (AvgIpc) is 2.74. The van der Waals surface area contributed by atoms with Gasteiger partial charge in [-0.2, -0.15) is 0 Å². The zero-order chi connectivity index (χ0) is 13.3.